The Morgan fingerprint density at radius 1 is 1.20 bits per heavy atom. The second kappa shape index (κ2) is 7.81. The van der Waals surface area contributed by atoms with Gasteiger partial charge in [0.25, 0.3) is 0 Å². The smallest absolute Gasteiger partial charge is 0.0702 e. The molecule has 1 aliphatic heterocycles. The molecule has 0 spiro atoms. The Balaban J connectivity index is 1.66. The van der Waals surface area contributed by atoms with Crippen LogP contribution in [0.3, 0.4) is 0 Å². The highest BCUT2D eigenvalue weighted by Crippen LogP contribution is 2.22. The van der Waals surface area contributed by atoms with Crippen molar-refractivity contribution in [3.05, 3.63) is 42.1 Å². The molecule has 4 nitrogen and oxygen atoms in total. The van der Waals surface area contributed by atoms with Gasteiger partial charge in [0, 0.05) is 57.0 Å². The van der Waals surface area contributed by atoms with Crippen molar-refractivity contribution in [1.82, 2.24) is 14.8 Å². The molecule has 0 saturated carbocycles. The molecule has 0 aliphatic carbocycles. The molecule has 1 N–H and O–H groups in total. The number of aliphatic hydroxyl groups excluding tert-OH is 1. The van der Waals surface area contributed by atoms with E-state index in [1.807, 2.05) is 12.3 Å². The first kappa shape index (κ1) is 18.3. The van der Waals surface area contributed by atoms with Crippen molar-refractivity contribution in [1.29, 1.82) is 0 Å². The van der Waals surface area contributed by atoms with Crippen molar-refractivity contribution in [3.63, 3.8) is 0 Å². The summed E-state index contributed by atoms with van der Waals surface area (Å²) in [6, 6.07) is 11.1. The minimum atomic E-state index is 0.265. The first-order valence-electron chi connectivity index (χ1n) is 9.35. The van der Waals surface area contributed by atoms with E-state index in [0.717, 1.165) is 44.7 Å². The lowest BCUT2D eigenvalue weighted by atomic mass is 9.94. The first-order valence-corrected chi connectivity index (χ1v) is 9.35. The molecule has 2 aromatic rings. The van der Waals surface area contributed by atoms with Crippen molar-refractivity contribution >= 4 is 10.9 Å². The minimum absolute atomic E-state index is 0.265. The van der Waals surface area contributed by atoms with E-state index in [0.29, 0.717) is 11.5 Å². The molecule has 1 unspecified atom stereocenters. The number of piperazine rings is 1. The average molecular weight is 341 g/mol. The van der Waals surface area contributed by atoms with E-state index in [2.05, 4.69) is 59.8 Å². The Kier molecular flexibility index (Phi) is 5.72. The molecule has 1 atom stereocenters. The van der Waals surface area contributed by atoms with Crippen LogP contribution in [0.25, 0.3) is 10.9 Å². The minimum Gasteiger partial charge on any atom is -0.396 e. The van der Waals surface area contributed by atoms with E-state index < -0.39 is 0 Å². The van der Waals surface area contributed by atoms with Crippen LogP contribution < -0.4 is 0 Å². The number of fused-ring (bicyclic) bond motifs is 1. The van der Waals surface area contributed by atoms with Gasteiger partial charge in [0.2, 0.25) is 0 Å². The topological polar surface area (TPSA) is 39.6 Å². The van der Waals surface area contributed by atoms with Crippen molar-refractivity contribution in [3.8, 4) is 0 Å². The van der Waals surface area contributed by atoms with Crippen LogP contribution in [0.5, 0.6) is 0 Å². The molecule has 4 heteroatoms. The Bertz CT molecular complexity index is 695. The number of aromatic nitrogens is 1. The lowest BCUT2D eigenvalue weighted by Crippen LogP contribution is -2.54. The van der Waals surface area contributed by atoms with Gasteiger partial charge in [0.15, 0.2) is 0 Å². The zero-order chi connectivity index (χ0) is 17.9. The molecule has 25 heavy (non-hydrogen) atoms. The van der Waals surface area contributed by atoms with Crippen molar-refractivity contribution in [2.75, 3.05) is 32.8 Å². The van der Waals surface area contributed by atoms with Gasteiger partial charge in [-0.05, 0) is 35.6 Å². The number of nitrogens with zero attached hydrogens (tertiary/aromatic N) is 3. The fourth-order valence-electron chi connectivity index (χ4n) is 3.82. The number of hydrogen-bond donors (Lipinski definition) is 1. The van der Waals surface area contributed by atoms with Crippen LogP contribution >= 0.6 is 0 Å². The van der Waals surface area contributed by atoms with Crippen LogP contribution in [0, 0.1) is 5.41 Å². The van der Waals surface area contributed by atoms with E-state index in [1.165, 1.54) is 10.9 Å². The molecule has 0 amide bonds. The summed E-state index contributed by atoms with van der Waals surface area (Å²) in [5.74, 6) is 0. The summed E-state index contributed by atoms with van der Waals surface area (Å²) in [5.41, 5.74) is 2.69. The lowest BCUT2D eigenvalue weighted by Gasteiger charge is -2.44. The molecule has 0 bridgehead atoms. The van der Waals surface area contributed by atoms with Crippen LogP contribution in [0.15, 0.2) is 36.5 Å². The molecule has 0 radical (unpaired) electrons. The monoisotopic (exact) mass is 341 g/mol. The number of pyridine rings is 1. The summed E-state index contributed by atoms with van der Waals surface area (Å²) in [5, 5.41) is 10.7. The Labute approximate surface area is 151 Å². The number of benzene rings is 1. The molecule has 2 heterocycles. The highest BCUT2D eigenvalue weighted by molar-refractivity contribution is 5.78. The van der Waals surface area contributed by atoms with E-state index >= 15 is 0 Å². The Morgan fingerprint density at radius 2 is 2.04 bits per heavy atom. The molecule has 1 aromatic carbocycles. The molecule has 1 fully saturated rings. The third-order valence-corrected chi connectivity index (χ3v) is 4.90. The molecule has 3 rings (SSSR count). The molecule has 136 valence electrons. The van der Waals surface area contributed by atoms with Gasteiger partial charge in [0.1, 0.15) is 0 Å². The maximum absolute atomic E-state index is 9.48. The quantitative estimate of drug-likeness (QED) is 0.907. The number of aliphatic hydroxyl groups is 1. The summed E-state index contributed by atoms with van der Waals surface area (Å²) in [6.45, 7) is 12.4. The van der Waals surface area contributed by atoms with Crippen LogP contribution in [0.1, 0.15) is 32.8 Å². The van der Waals surface area contributed by atoms with Crippen LogP contribution in [-0.2, 0) is 6.54 Å². The summed E-state index contributed by atoms with van der Waals surface area (Å²) in [7, 11) is 0. The zero-order valence-electron chi connectivity index (χ0n) is 15.8. The summed E-state index contributed by atoms with van der Waals surface area (Å²) >= 11 is 0. The van der Waals surface area contributed by atoms with Gasteiger partial charge in [-0.3, -0.25) is 14.8 Å². The molecular weight excluding hydrogens is 310 g/mol. The molecule has 1 aliphatic rings. The largest absolute Gasteiger partial charge is 0.396 e. The van der Waals surface area contributed by atoms with Crippen molar-refractivity contribution < 1.29 is 5.11 Å². The van der Waals surface area contributed by atoms with E-state index in [4.69, 9.17) is 0 Å². The van der Waals surface area contributed by atoms with Gasteiger partial charge in [-0.25, -0.2) is 0 Å². The maximum atomic E-state index is 9.48. The zero-order valence-corrected chi connectivity index (χ0v) is 15.8. The van der Waals surface area contributed by atoms with E-state index in [1.54, 1.807) is 0 Å². The second-order valence-corrected chi connectivity index (χ2v) is 8.46. The van der Waals surface area contributed by atoms with E-state index in [-0.39, 0.29) is 6.61 Å². The average Bonchev–Trinajstić information content (AvgIpc) is 2.56. The molecule has 1 saturated heterocycles. The first-order chi connectivity index (χ1) is 11.9. The second-order valence-electron chi connectivity index (χ2n) is 8.46. The Morgan fingerprint density at radius 3 is 2.80 bits per heavy atom. The third-order valence-electron chi connectivity index (χ3n) is 4.90. The van der Waals surface area contributed by atoms with Gasteiger partial charge >= 0.3 is 0 Å². The standard InChI is InChI=1S/C21H31N3O/c1-21(2,3)16-24-11-10-23(15-19(24)8-12-25)14-17-6-7-20-18(13-17)5-4-9-22-20/h4-7,9,13,19,25H,8,10-12,14-16H2,1-3H3. The third kappa shape index (κ3) is 5.00. The summed E-state index contributed by atoms with van der Waals surface area (Å²) in [6.07, 6.45) is 2.70. The molecular formula is C21H31N3O. The normalized spacial score (nSPS) is 20.2. The van der Waals surface area contributed by atoms with Gasteiger partial charge in [-0.1, -0.05) is 32.9 Å². The predicted molar refractivity (Wildman–Crippen MR) is 104 cm³/mol. The highest BCUT2D eigenvalue weighted by atomic mass is 16.3. The maximum Gasteiger partial charge on any atom is 0.0702 e. The highest BCUT2D eigenvalue weighted by Gasteiger charge is 2.29. The SMILES string of the molecule is CC(C)(C)CN1CCN(Cc2ccc3ncccc3c2)CC1CCO. The fourth-order valence-corrected chi connectivity index (χ4v) is 3.82. The van der Waals surface area contributed by atoms with Crippen molar-refractivity contribution in [2.45, 2.75) is 39.8 Å². The summed E-state index contributed by atoms with van der Waals surface area (Å²) < 4.78 is 0. The van der Waals surface area contributed by atoms with E-state index in [9.17, 15) is 5.11 Å². The predicted octanol–water partition coefficient (Wildman–Crippen LogP) is 3.15. The Hall–Kier alpha value is -1.49. The van der Waals surface area contributed by atoms with Gasteiger partial charge in [0.05, 0.1) is 5.52 Å². The number of rotatable bonds is 5. The fraction of sp³-hybridized carbons (Fsp3) is 0.571. The van der Waals surface area contributed by atoms with Crippen LogP contribution in [0.2, 0.25) is 0 Å². The summed E-state index contributed by atoms with van der Waals surface area (Å²) in [4.78, 5) is 9.49. The van der Waals surface area contributed by atoms with Crippen LogP contribution in [-0.4, -0.2) is 58.7 Å². The molecule has 1 aromatic heterocycles. The van der Waals surface area contributed by atoms with Crippen LogP contribution in [0.4, 0.5) is 0 Å². The van der Waals surface area contributed by atoms with Crippen molar-refractivity contribution in [2.24, 2.45) is 5.41 Å². The van der Waals surface area contributed by atoms with Gasteiger partial charge < -0.3 is 5.11 Å². The van der Waals surface area contributed by atoms with Gasteiger partial charge in [-0.15, -0.1) is 0 Å². The lowest BCUT2D eigenvalue weighted by molar-refractivity contribution is 0.0340. The number of hydrogen-bond acceptors (Lipinski definition) is 4. The van der Waals surface area contributed by atoms with Gasteiger partial charge in [-0.2, -0.15) is 0 Å².